The monoisotopic (exact) mass is 278 g/mol. The highest BCUT2D eigenvalue weighted by atomic mass is 32.1. The first kappa shape index (κ1) is 12.8. The lowest BCUT2D eigenvalue weighted by Gasteiger charge is -2.38. The number of piperidine rings is 1. The number of amides is 1. The van der Waals surface area contributed by atoms with Crippen LogP contribution in [0.3, 0.4) is 0 Å². The van der Waals surface area contributed by atoms with E-state index in [1.54, 1.807) is 11.7 Å². The lowest BCUT2D eigenvalue weighted by molar-refractivity contribution is -0.122. The number of ketones is 1. The van der Waals surface area contributed by atoms with Crippen LogP contribution in [0.1, 0.15) is 48.2 Å². The minimum atomic E-state index is 0.0619. The van der Waals surface area contributed by atoms with Gasteiger partial charge in [-0.3, -0.25) is 14.6 Å². The third-order valence-corrected chi connectivity index (χ3v) is 5.03. The third-order valence-electron chi connectivity index (χ3n) is 4.27. The predicted octanol–water partition coefficient (Wildman–Crippen LogP) is 2.51. The van der Waals surface area contributed by atoms with Gasteiger partial charge in [0.25, 0.3) is 5.91 Å². The quantitative estimate of drug-likeness (QED) is 0.835. The normalized spacial score (nSPS) is 27.8. The Labute approximate surface area is 116 Å². The molecule has 19 heavy (non-hydrogen) atoms. The number of nitrogens with zero attached hydrogens (tertiary/aromatic N) is 2. The van der Waals surface area contributed by atoms with Gasteiger partial charge in [0.15, 0.2) is 0 Å². The van der Waals surface area contributed by atoms with Crippen LogP contribution in [0.2, 0.25) is 0 Å². The van der Waals surface area contributed by atoms with Crippen molar-refractivity contribution in [3.05, 3.63) is 16.6 Å². The lowest BCUT2D eigenvalue weighted by Crippen LogP contribution is -2.48. The standard InChI is InChI=1S/C14H18N2O2S/c17-12-6-3-4-10(12)11-5-1-2-7-16(11)14(18)13-8-15-9-19-13/h8-11H,1-7H2. The molecule has 2 unspecified atom stereocenters. The zero-order chi connectivity index (χ0) is 13.2. The van der Waals surface area contributed by atoms with Crippen molar-refractivity contribution in [2.24, 2.45) is 5.92 Å². The van der Waals surface area contributed by atoms with Crippen molar-refractivity contribution in [1.82, 2.24) is 9.88 Å². The molecule has 1 saturated carbocycles. The van der Waals surface area contributed by atoms with Gasteiger partial charge in [0.1, 0.15) is 10.7 Å². The van der Waals surface area contributed by atoms with E-state index in [-0.39, 0.29) is 17.9 Å². The van der Waals surface area contributed by atoms with Crippen LogP contribution < -0.4 is 0 Å². The van der Waals surface area contributed by atoms with Crippen molar-refractivity contribution >= 4 is 23.0 Å². The minimum Gasteiger partial charge on any atom is -0.334 e. The number of likely N-dealkylation sites (tertiary alicyclic amines) is 1. The predicted molar refractivity (Wildman–Crippen MR) is 73.1 cm³/mol. The summed E-state index contributed by atoms with van der Waals surface area (Å²) in [5.41, 5.74) is 1.69. The van der Waals surface area contributed by atoms with Crippen LogP contribution >= 0.6 is 11.3 Å². The maximum atomic E-state index is 12.5. The molecular weight excluding hydrogens is 260 g/mol. The first-order chi connectivity index (χ1) is 9.27. The summed E-state index contributed by atoms with van der Waals surface area (Å²) in [4.78, 5) is 31.1. The van der Waals surface area contributed by atoms with Crippen LogP contribution in [0.4, 0.5) is 0 Å². The zero-order valence-electron chi connectivity index (χ0n) is 10.9. The Hall–Kier alpha value is -1.23. The molecule has 2 atom stereocenters. The molecule has 0 spiro atoms. The number of rotatable bonds is 2. The van der Waals surface area contributed by atoms with E-state index in [1.807, 2.05) is 4.90 Å². The first-order valence-electron chi connectivity index (χ1n) is 6.99. The fourth-order valence-corrected chi connectivity index (χ4v) is 3.92. The van der Waals surface area contributed by atoms with Crippen molar-refractivity contribution in [3.8, 4) is 0 Å². The summed E-state index contributed by atoms with van der Waals surface area (Å²) < 4.78 is 0. The van der Waals surface area contributed by atoms with Gasteiger partial charge >= 0.3 is 0 Å². The Bertz CT molecular complexity index is 472. The molecule has 1 aliphatic heterocycles. The van der Waals surface area contributed by atoms with Gasteiger partial charge in [-0.25, -0.2) is 0 Å². The highest BCUT2D eigenvalue weighted by Gasteiger charge is 2.39. The molecule has 0 bridgehead atoms. The Morgan fingerprint density at radius 3 is 2.89 bits per heavy atom. The van der Waals surface area contributed by atoms with Gasteiger partial charge in [-0.05, 0) is 32.1 Å². The Balaban J connectivity index is 1.81. The molecule has 2 fully saturated rings. The largest absolute Gasteiger partial charge is 0.334 e. The number of carbonyl (C=O) groups excluding carboxylic acids is 2. The smallest absolute Gasteiger partial charge is 0.265 e. The van der Waals surface area contributed by atoms with E-state index in [0.29, 0.717) is 17.1 Å². The molecule has 0 radical (unpaired) electrons. The average molecular weight is 278 g/mol. The number of aromatic nitrogens is 1. The van der Waals surface area contributed by atoms with Gasteiger partial charge in [0.05, 0.1) is 11.7 Å². The molecule has 1 saturated heterocycles. The van der Waals surface area contributed by atoms with Gasteiger partial charge in [-0.2, -0.15) is 0 Å². The van der Waals surface area contributed by atoms with E-state index < -0.39 is 0 Å². The van der Waals surface area contributed by atoms with E-state index in [2.05, 4.69) is 4.98 Å². The van der Waals surface area contributed by atoms with E-state index in [1.165, 1.54) is 11.3 Å². The van der Waals surface area contributed by atoms with Gasteiger partial charge in [-0.15, -0.1) is 11.3 Å². The second-order valence-electron chi connectivity index (χ2n) is 5.39. The van der Waals surface area contributed by atoms with Gasteiger partial charge in [0, 0.05) is 24.9 Å². The molecule has 4 nitrogen and oxygen atoms in total. The number of hydrogen-bond donors (Lipinski definition) is 0. The highest BCUT2D eigenvalue weighted by molar-refractivity contribution is 7.11. The number of thiazole rings is 1. The number of Topliss-reactive ketones (excluding diaryl/α,β-unsaturated/α-hetero) is 1. The van der Waals surface area contributed by atoms with Crippen molar-refractivity contribution in [2.45, 2.75) is 44.6 Å². The molecule has 2 aliphatic rings. The molecule has 0 aromatic carbocycles. The van der Waals surface area contributed by atoms with E-state index in [0.717, 1.165) is 38.6 Å². The third kappa shape index (κ3) is 2.43. The molecule has 1 amide bonds. The topological polar surface area (TPSA) is 50.3 Å². The molecule has 1 aliphatic carbocycles. The van der Waals surface area contributed by atoms with Crippen LogP contribution in [0, 0.1) is 5.92 Å². The van der Waals surface area contributed by atoms with Crippen LogP contribution in [0.5, 0.6) is 0 Å². The molecule has 1 aromatic rings. The van der Waals surface area contributed by atoms with Crippen LogP contribution in [-0.2, 0) is 4.79 Å². The summed E-state index contributed by atoms with van der Waals surface area (Å²) in [5, 5.41) is 0. The van der Waals surface area contributed by atoms with Crippen molar-refractivity contribution < 1.29 is 9.59 Å². The molecule has 1 aromatic heterocycles. The Morgan fingerprint density at radius 2 is 2.21 bits per heavy atom. The van der Waals surface area contributed by atoms with Crippen molar-refractivity contribution in [2.75, 3.05) is 6.54 Å². The molecule has 5 heteroatoms. The van der Waals surface area contributed by atoms with Crippen molar-refractivity contribution in [1.29, 1.82) is 0 Å². The lowest BCUT2D eigenvalue weighted by atomic mass is 9.88. The first-order valence-corrected chi connectivity index (χ1v) is 7.87. The summed E-state index contributed by atoms with van der Waals surface area (Å²) in [5.74, 6) is 0.498. The number of hydrogen-bond acceptors (Lipinski definition) is 4. The Kier molecular flexibility index (Phi) is 3.64. The van der Waals surface area contributed by atoms with Gasteiger partial charge in [-0.1, -0.05) is 0 Å². The fourth-order valence-electron chi connectivity index (χ4n) is 3.34. The summed E-state index contributed by atoms with van der Waals surface area (Å²) in [6.07, 6.45) is 7.42. The summed E-state index contributed by atoms with van der Waals surface area (Å²) >= 11 is 1.38. The summed E-state index contributed by atoms with van der Waals surface area (Å²) in [6, 6.07) is 0.123. The number of carbonyl (C=O) groups is 2. The van der Waals surface area contributed by atoms with Crippen LogP contribution in [0.25, 0.3) is 0 Å². The van der Waals surface area contributed by atoms with E-state index >= 15 is 0 Å². The summed E-state index contributed by atoms with van der Waals surface area (Å²) in [7, 11) is 0. The SMILES string of the molecule is O=C1CCCC1C1CCCCN1C(=O)c1cncs1. The second kappa shape index (κ2) is 5.41. The molecule has 3 rings (SSSR count). The zero-order valence-corrected chi connectivity index (χ0v) is 11.7. The summed E-state index contributed by atoms with van der Waals surface area (Å²) in [6.45, 7) is 0.783. The van der Waals surface area contributed by atoms with Gasteiger partial charge < -0.3 is 4.90 Å². The van der Waals surface area contributed by atoms with Crippen LogP contribution in [-0.4, -0.2) is 34.2 Å². The Morgan fingerprint density at radius 1 is 1.32 bits per heavy atom. The second-order valence-corrected chi connectivity index (χ2v) is 6.28. The van der Waals surface area contributed by atoms with E-state index in [4.69, 9.17) is 0 Å². The maximum Gasteiger partial charge on any atom is 0.265 e. The van der Waals surface area contributed by atoms with E-state index in [9.17, 15) is 9.59 Å². The van der Waals surface area contributed by atoms with Crippen molar-refractivity contribution in [3.63, 3.8) is 0 Å². The molecule has 0 N–H and O–H groups in total. The molecule has 2 heterocycles. The minimum absolute atomic E-state index is 0.0619. The van der Waals surface area contributed by atoms with Gasteiger partial charge in [0.2, 0.25) is 0 Å². The van der Waals surface area contributed by atoms with Crippen LogP contribution in [0.15, 0.2) is 11.7 Å². The highest BCUT2D eigenvalue weighted by Crippen LogP contribution is 2.33. The maximum absolute atomic E-state index is 12.5. The fraction of sp³-hybridized carbons (Fsp3) is 0.643. The molecular formula is C14H18N2O2S. The molecule has 102 valence electrons. The average Bonchev–Trinajstić information content (AvgIpc) is 3.09.